The van der Waals surface area contributed by atoms with E-state index in [1.54, 1.807) is 30.8 Å². The van der Waals surface area contributed by atoms with Crippen molar-refractivity contribution in [3.05, 3.63) is 45.4 Å². The third kappa shape index (κ3) is 3.48. The van der Waals surface area contributed by atoms with Crippen LogP contribution in [0.5, 0.6) is 0 Å². The largest absolute Gasteiger partial charge is 0.492 e. The van der Waals surface area contributed by atoms with Crippen LogP contribution in [0.3, 0.4) is 0 Å². The van der Waals surface area contributed by atoms with Crippen molar-refractivity contribution in [2.75, 3.05) is 6.54 Å². The average molecular weight is 346 g/mol. The quantitative estimate of drug-likeness (QED) is 0.591. The average Bonchev–Trinajstić information content (AvgIpc) is 3.21. The molecule has 1 aromatic carbocycles. The number of hydrogen-bond acceptors (Lipinski definition) is 7. The van der Waals surface area contributed by atoms with E-state index >= 15 is 0 Å². The van der Waals surface area contributed by atoms with Crippen molar-refractivity contribution in [2.24, 2.45) is 0 Å². The van der Waals surface area contributed by atoms with E-state index in [2.05, 4.69) is 10.3 Å². The predicted octanol–water partition coefficient (Wildman–Crippen LogP) is 0.142. The first-order valence-corrected chi connectivity index (χ1v) is 8.17. The van der Waals surface area contributed by atoms with Crippen LogP contribution in [0.1, 0.15) is 26.4 Å². The summed E-state index contributed by atoms with van der Waals surface area (Å²) in [5.41, 5.74) is 4.18. The maximum absolute atomic E-state index is 12.3. The van der Waals surface area contributed by atoms with Gasteiger partial charge in [-0.1, -0.05) is 6.07 Å². The summed E-state index contributed by atoms with van der Waals surface area (Å²) in [7, 11) is -1.02. The third-order valence-corrected chi connectivity index (χ3v) is 4.50. The highest BCUT2D eigenvalue weighted by Gasteiger charge is 2.31. The molecule has 1 aliphatic heterocycles. The van der Waals surface area contributed by atoms with Gasteiger partial charge in [-0.2, -0.15) is 0 Å². The summed E-state index contributed by atoms with van der Waals surface area (Å²) < 4.78 is 10.2. The summed E-state index contributed by atoms with van der Waals surface area (Å²) in [5.74, 6) is -0.928. The Kier molecular flexibility index (Phi) is 4.93. The molecule has 2 N–H and O–H groups in total. The Morgan fingerprint density at radius 2 is 2.33 bits per heavy atom. The lowest BCUT2D eigenvalue weighted by molar-refractivity contribution is -0.143. The second-order valence-corrected chi connectivity index (χ2v) is 6.26. The second kappa shape index (κ2) is 7.12. The first kappa shape index (κ1) is 16.6. The summed E-state index contributed by atoms with van der Waals surface area (Å²) >= 11 is 1.39. The number of rotatable bonds is 5. The highest BCUT2D eigenvalue weighted by Crippen LogP contribution is 2.16. The zero-order valence-electron chi connectivity index (χ0n) is 12.9. The number of thiazole rings is 1. The molecular weight excluding hydrogens is 331 g/mol. The molecule has 0 fully saturated rings. The Bertz CT molecular complexity index is 765. The molecule has 0 unspecified atom stereocenters. The molecule has 3 rings (SSSR count). The van der Waals surface area contributed by atoms with Gasteiger partial charge in [0.25, 0.3) is 5.91 Å². The van der Waals surface area contributed by atoms with Gasteiger partial charge in [-0.25, -0.2) is 0 Å². The standard InChI is InChI=1S/C15H15BN2O5S/c1-9-12(3-2-10-6-23-16(21)14(9)10)15(20)18-5-13(19)22-7-11-4-17-8-24-11/h2-4,8,21H,5-7H2,1H3,(H,18,20). The minimum absolute atomic E-state index is 0.140. The van der Waals surface area contributed by atoms with Crippen molar-refractivity contribution >= 4 is 35.8 Å². The van der Waals surface area contributed by atoms with Gasteiger partial charge in [0.15, 0.2) is 0 Å². The number of esters is 1. The fourth-order valence-electron chi connectivity index (χ4n) is 2.52. The maximum Gasteiger partial charge on any atom is 0.492 e. The molecule has 1 aromatic heterocycles. The summed E-state index contributed by atoms with van der Waals surface area (Å²) in [6.45, 7) is 1.98. The summed E-state index contributed by atoms with van der Waals surface area (Å²) in [5, 5.41) is 12.3. The highest BCUT2D eigenvalue weighted by molar-refractivity contribution is 7.09. The van der Waals surface area contributed by atoms with E-state index < -0.39 is 19.0 Å². The number of carbonyl (C=O) groups is 2. The van der Waals surface area contributed by atoms with Gasteiger partial charge in [0.05, 0.1) is 17.0 Å². The molecule has 7 nitrogen and oxygen atoms in total. The molecule has 1 amide bonds. The van der Waals surface area contributed by atoms with Gasteiger partial charge in [0, 0.05) is 11.8 Å². The van der Waals surface area contributed by atoms with Crippen molar-refractivity contribution in [1.29, 1.82) is 0 Å². The van der Waals surface area contributed by atoms with Crippen LogP contribution in [-0.2, 0) is 27.4 Å². The first-order valence-electron chi connectivity index (χ1n) is 7.29. The van der Waals surface area contributed by atoms with Crippen LogP contribution < -0.4 is 10.8 Å². The SMILES string of the molecule is Cc1c(C(=O)NCC(=O)OCc2cncs2)ccc2c1B(O)OC2. The molecule has 0 aliphatic carbocycles. The maximum atomic E-state index is 12.3. The normalized spacial score (nSPS) is 12.8. The van der Waals surface area contributed by atoms with Gasteiger partial charge in [0.1, 0.15) is 13.2 Å². The van der Waals surface area contributed by atoms with E-state index in [0.717, 1.165) is 10.4 Å². The number of ether oxygens (including phenoxy) is 1. The second-order valence-electron chi connectivity index (χ2n) is 5.29. The number of carbonyl (C=O) groups excluding carboxylic acids is 2. The molecule has 0 radical (unpaired) electrons. The van der Waals surface area contributed by atoms with Crippen molar-refractivity contribution in [3.8, 4) is 0 Å². The van der Waals surface area contributed by atoms with Crippen LogP contribution in [0.4, 0.5) is 0 Å². The predicted molar refractivity (Wildman–Crippen MR) is 87.8 cm³/mol. The van der Waals surface area contributed by atoms with Crippen LogP contribution in [0.25, 0.3) is 0 Å². The topological polar surface area (TPSA) is 97.8 Å². The molecule has 9 heteroatoms. The molecule has 2 aromatic rings. The number of hydrogen-bond donors (Lipinski definition) is 2. The molecule has 0 saturated carbocycles. The summed E-state index contributed by atoms with van der Waals surface area (Å²) in [6, 6.07) is 3.41. The van der Waals surface area contributed by atoms with Crippen LogP contribution in [0.2, 0.25) is 0 Å². The zero-order valence-corrected chi connectivity index (χ0v) is 13.8. The third-order valence-electron chi connectivity index (χ3n) is 3.75. The van der Waals surface area contributed by atoms with Gasteiger partial charge in [-0.3, -0.25) is 14.6 Å². The van der Waals surface area contributed by atoms with E-state index in [1.165, 1.54) is 11.3 Å². The van der Waals surface area contributed by atoms with E-state index in [-0.39, 0.29) is 13.2 Å². The number of nitrogens with one attached hydrogen (secondary N) is 1. The fourth-order valence-corrected chi connectivity index (χ4v) is 3.02. The minimum Gasteiger partial charge on any atom is -0.459 e. The minimum atomic E-state index is -1.02. The number of nitrogens with zero attached hydrogens (tertiary/aromatic N) is 1. The van der Waals surface area contributed by atoms with Gasteiger partial charge >= 0.3 is 13.1 Å². The van der Waals surface area contributed by atoms with Crippen LogP contribution in [0, 0.1) is 6.92 Å². The molecule has 2 heterocycles. The monoisotopic (exact) mass is 346 g/mol. The molecule has 0 saturated heterocycles. The number of aromatic nitrogens is 1. The van der Waals surface area contributed by atoms with E-state index in [4.69, 9.17) is 9.39 Å². The lowest BCUT2D eigenvalue weighted by atomic mass is 9.75. The summed E-state index contributed by atoms with van der Waals surface area (Å²) in [6.07, 6.45) is 1.62. The molecule has 0 bridgehead atoms. The number of fused-ring (bicyclic) bond motifs is 1. The molecule has 1 aliphatic rings. The molecular formula is C15H15BN2O5S. The molecule has 0 spiro atoms. The highest BCUT2D eigenvalue weighted by atomic mass is 32.1. The molecule has 124 valence electrons. The first-order chi connectivity index (χ1) is 11.6. The van der Waals surface area contributed by atoms with Crippen LogP contribution >= 0.6 is 11.3 Å². The number of amides is 1. The van der Waals surface area contributed by atoms with E-state index in [1.807, 2.05) is 0 Å². The Morgan fingerprint density at radius 3 is 3.08 bits per heavy atom. The Balaban J connectivity index is 1.57. The Hall–Kier alpha value is -2.23. The van der Waals surface area contributed by atoms with Crippen LogP contribution in [0.15, 0.2) is 23.8 Å². The van der Waals surface area contributed by atoms with Gasteiger partial charge in [0.2, 0.25) is 0 Å². The van der Waals surface area contributed by atoms with E-state index in [0.29, 0.717) is 23.2 Å². The van der Waals surface area contributed by atoms with Gasteiger partial charge in [-0.05, 0) is 29.6 Å². The van der Waals surface area contributed by atoms with Crippen molar-refractivity contribution in [2.45, 2.75) is 20.1 Å². The Labute approximate surface area is 142 Å². The molecule has 24 heavy (non-hydrogen) atoms. The smallest absolute Gasteiger partial charge is 0.459 e. The summed E-state index contributed by atoms with van der Waals surface area (Å²) in [4.78, 5) is 28.7. The van der Waals surface area contributed by atoms with Crippen LogP contribution in [-0.4, -0.2) is 35.5 Å². The van der Waals surface area contributed by atoms with Crippen molar-refractivity contribution in [3.63, 3.8) is 0 Å². The molecule has 0 atom stereocenters. The lowest BCUT2D eigenvalue weighted by Crippen LogP contribution is -2.35. The van der Waals surface area contributed by atoms with Crippen molar-refractivity contribution < 1.29 is 24.0 Å². The van der Waals surface area contributed by atoms with Gasteiger partial charge in [-0.15, -0.1) is 11.3 Å². The Morgan fingerprint density at radius 1 is 1.50 bits per heavy atom. The van der Waals surface area contributed by atoms with Gasteiger partial charge < -0.3 is 19.7 Å². The van der Waals surface area contributed by atoms with Crippen molar-refractivity contribution in [1.82, 2.24) is 10.3 Å². The lowest BCUT2D eigenvalue weighted by Gasteiger charge is -2.11. The fraction of sp³-hybridized carbons (Fsp3) is 0.267. The number of benzene rings is 1. The van der Waals surface area contributed by atoms with E-state index in [9.17, 15) is 14.6 Å². The zero-order chi connectivity index (χ0) is 17.1.